The normalized spacial score (nSPS) is 19.1. The van der Waals surface area contributed by atoms with Crippen molar-refractivity contribution in [3.63, 3.8) is 0 Å². The third-order valence-corrected chi connectivity index (χ3v) is 8.33. The first-order chi connectivity index (χ1) is 28.1. The highest BCUT2D eigenvalue weighted by molar-refractivity contribution is 8.05. The first kappa shape index (κ1) is 57.7. The number of hydrogen-bond acceptors (Lipinski definition) is 5. The molecule has 20 heteroatoms. The SMILES string of the molecule is C=C=C=C=C=C=C=C=C=C=C=C.C=C[C@H]1CC(C(=O)O)=C[C@@H](OC(C)C)[C@@H]1NC(C)=O.C=C[C@H]1CC(C)=C[C@@H](OC(C)C)[C@@H]1NC(C)=O.[B]B([B])B([B])B(B([B])[B])B([B])[B]. The van der Waals surface area contributed by atoms with E-state index in [1.54, 1.807) is 12.2 Å². The monoisotopic (exact) mass is 784 g/mol. The van der Waals surface area contributed by atoms with Gasteiger partial charge in [0.2, 0.25) is 11.8 Å². The standard InChI is InChI=1S/C14H21NO4.C14H23NO2.C12H4.B12/c1-5-10-6-11(14(17)18)7-12(19-8(2)3)13(10)15-9(4)16;1-6-12-7-10(4)8-13(17-9(2)3)14(12)15-11(5)16;1-3-5-7-9-11-12-10-8-6-4-2;1-8(2)11(7)12(9(3)4)10(5)6/h5,7-8,10,12-13H,1,6H2,2-4H3,(H,15,16)(H,17,18);6,8-9,12-14H,1,7H2,2-5H3,(H,15,16);1-2H2;/t10-,12+,13+;12-,13+,14+;;/m00../s1. The maximum atomic E-state index is 11.3. The van der Waals surface area contributed by atoms with Gasteiger partial charge in [-0.1, -0.05) is 35.3 Å². The van der Waals surface area contributed by atoms with Gasteiger partial charge in [-0.25, -0.2) is 4.79 Å². The summed E-state index contributed by atoms with van der Waals surface area (Å²) >= 11 is 0. The van der Waals surface area contributed by atoms with Crippen LogP contribution in [0.4, 0.5) is 0 Å². The molecule has 0 unspecified atom stereocenters. The molecule has 2 aliphatic carbocycles. The van der Waals surface area contributed by atoms with Crippen molar-refractivity contribution in [2.24, 2.45) is 11.8 Å². The van der Waals surface area contributed by atoms with Crippen molar-refractivity contribution < 1.29 is 29.0 Å². The summed E-state index contributed by atoms with van der Waals surface area (Å²) in [6.07, 6.45) is 4.92. The van der Waals surface area contributed by atoms with Gasteiger partial charge < -0.3 is 25.2 Å². The van der Waals surface area contributed by atoms with Crippen molar-refractivity contribution in [2.45, 2.75) is 97.8 Å². The first-order valence-electron chi connectivity index (χ1n) is 19.1. The van der Waals surface area contributed by atoms with Crippen molar-refractivity contribution in [3.05, 3.63) is 119 Å². The summed E-state index contributed by atoms with van der Waals surface area (Å²) in [7, 11) is 37.9. The number of hydrogen-bond donors (Lipinski definition) is 3. The lowest BCUT2D eigenvalue weighted by Crippen LogP contribution is -2.67. The summed E-state index contributed by atoms with van der Waals surface area (Å²) in [5.41, 5.74) is 26.0. The van der Waals surface area contributed by atoms with Gasteiger partial charge in [0.1, 0.15) is 0 Å². The van der Waals surface area contributed by atoms with Gasteiger partial charge in [-0.3, -0.25) is 9.59 Å². The van der Waals surface area contributed by atoms with Crippen molar-refractivity contribution in [1.82, 2.24) is 10.6 Å². The molecule has 0 aromatic carbocycles. The predicted molar refractivity (Wildman–Crippen MR) is 257 cm³/mol. The number of carboxylic acids is 1. The molecule has 0 bridgehead atoms. The van der Waals surface area contributed by atoms with Gasteiger partial charge in [-0.2, -0.15) is 0 Å². The lowest BCUT2D eigenvalue weighted by Gasteiger charge is -2.36. The lowest BCUT2D eigenvalue weighted by molar-refractivity contribution is -0.133. The smallest absolute Gasteiger partial charge is 0.331 e. The van der Waals surface area contributed by atoms with Crippen molar-refractivity contribution >= 4 is 104 Å². The molecule has 6 atom stereocenters. The van der Waals surface area contributed by atoms with Gasteiger partial charge >= 0.3 is 5.97 Å². The van der Waals surface area contributed by atoms with Crippen LogP contribution in [0.15, 0.2) is 119 Å². The van der Waals surface area contributed by atoms with Crippen LogP contribution in [0.5, 0.6) is 0 Å². The van der Waals surface area contributed by atoms with E-state index in [-0.39, 0.29) is 54.0 Å². The van der Waals surface area contributed by atoms with Gasteiger partial charge in [0.25, 0.3) is 0 Å². The molecular formula is C40H48B12N2O6. The van der Waals surface area contributed by atoms with E-state index in [4.69, 9.17) is 68.7 Å². The molecule has 0 saturated heterocycles. The predicted octanol–water partition coefficient (Wildman–Crippen LogP) is 1.72. The average Bonchev–Trinajstić information content (AvgIpc) is 3.14. The Morgan fingerprint density at radius 1 is 0.700 bits per heavy atom. The van der Waals surface area contributed by atoms with Crippen LogP contribution in [0.2, 0.25) is 0 Å². The number of carboxylic acid groups (broad SMARTS) is 1. The van der Waals surface area contributed by atoms with E-state index in [1.807, 2.05) is 33.8 Å². The van der Waals surface area contributed by atoms with Crippen molar-refractivity contribution in [2.75, 3.05) is 0 Å². The first-order valence-corrected chi connectivity index (χ1v) is 19.1. The maximum Gasteiger partial charge on any atom is 0.331 e. The van der Waals surface area contributed by atoms with E-state index in [0.717, 1.165) is 6.42 Å². The van der Waals surface area contributed by atoms with Gasteiger partial charge in [0, 0.05) is 117 Å². The van der Waals surface area contributed by atoms with Crippen LogP contribution in [0, 0.1) is 11.8 Å². The number of carbonyl (C=O) groups excluding carboxylic acids is 2. The van der Waals surface area contributed by atoms with E-state index in [9.17, 15) is 14.4 Å². The second-order valence-electron chi connectivity index (χ2n) is 14.2. The minimum atomic E-state index is -0.953. The molecule has 0 saturated carbocycles. The van der Waals surface area contributed by atoms with Gasteiger partial charge in [0.05, 0.1) is 36.5 Å². The third kappa shape index (κ3) is 25.3. The largest absolute Gasteiger partial charge is 0.478 e. The topological polar surface area (TPSA) is 114 Å². The summed E-state index contributed by atoms with van der Waals surface area (Å²) in [5.74, 6) is -1.05. The molecule has 0 aromatic heterocycles. The zero-order chi connectivity index (χ0) is 46.5. The van der Waals surface area contributed by atoms with Crippen molar-refractivity contribution in [3.8, 4) is 0 Å². The Hall–Kier alpha value is -4.39. The molecule has 290 valence electrons. The summed E-state index contributed by atoms with van der Waals surface area (Å²) in [5, 5.41) is 14.9. The molecule has 8 nitrogen and oxygen atoms in total. The summed E-state index contributed by atoms with van der Waals surface area (Å²) in [4.78, 5) is 33.7. The van der Waals surface area contributed by atoms with Crippen LogP contribution >= 0.6 is 0 Å². The van der Waals surface area contributed by atoms with E-state index < -0.39 is 44.0 Å². The van der Waals surface area contributed by atoms with Crippen LogP contribution < -0.4 is 10.6 Å². The number of carbonyl (C=O) groups is 3. The van der Waals surface area contributed by atoms with Gasteiger partial charge in [-0.15, -0.1) is 13.2 Å². The van der Waals surface area contributed by atoms with E-state index in [2.05, 4.69) is 107 Å². The van der Waals surface area contributed by atoms with Crippen LogP contribution in [0.1, 0.15) is 61.3 Å². The average molecular weight is 783 g/mol. The molecule has 2 amide bonds. The van der Waals surface area contributed by atoms with Gasteiger partial charge in [-0.05, 0) is 113 Å². The van der Waals surface area contributed by atoms with E-state index >= 15 is 0 Å². The highest BCUT2D eigenvalue weighted by Gasteiger charge is 2.36. The Kier molecular flexibility index (Phi) is 31.2. The molecule has 2 aliphatic rings. The molecule has 0 aromatic rings. The number of amides is 2. The Morgan fingerprint density at radius 3 is 1.35 bits per heavy atom. The number of rotatable bonds is 13. The Morgan fingerprint density at radius 2 is 1.07 bits per heavy atom. The minimum Gasteiger partial charge on any atom is -0.478 e. The molecular weight excluding hydrogens is 734 g/mol. The number of allylic oxidation sites excluding steroid dienone is 1. The van der Waals surface area contributed by atoms with E-state index in [1.165, 1.54) is 19.4 Å². The molecule has 60 heavy (non-hydrogen) atoms. The molecule has 0 aliphatic heterocycles. The minimum absolute atomic E-state index is 0.00361. The molecule has 0 spiro atoms. The van der Waals surface area contributed by atoms with Crippen molar-refractivity contribution in [1.29, 1.82) is 0 Å². The quantitative estimate of drug-likeness (QED) is 0.149. The van der Waals surface area contributed by atoms with E-state index in [0.29, 0.717) is 12.0 Å². The fourth-order valence-electron chi connectivity index (χ4n) is 5.83. The molecule has 0 heterocycles. The molecule has 2 rings (SSSR count). The van der Waals surface area contributed by atoms with Crippen LogP contribution in [-0.4, -0.2) is 145 Å². The third-order valence-electron chi connectivity index (χ3n) is 8.33. The molecule has 14 radical (unpaired) electrons. The molecule has 3 N–H and O–H groups in total. The summed E-state index contributed by atoms with van der Waals surface area (Å²) in [6, 6.07) is -0.281. The second kappa shape index (κ2) is 32.4. The second-order valence-corrected chi connectivity index (χ2v) is 14.2. The Balaban J connectivity index is 0. The zero-order valence-corrected chi connectivity index (χ0v) is 36.1. The van der Waals surface area contributed by atoms with Crippen LogP contribution in [-0.2, 0) is 23.9 Å². The highest BCUT2D eigenvalue weighted by atomic mass is 16.5. The number of ether oxygens (including phenoxy) is 2. The number of aliphatic carboxylic acids is 1. The maximum absolute atomic E-state index is 11.3. The lowest BCUT2D eigenvalue weighted by atomic mass is 8.53. The van der Waals surface area contributed by atoms with Crippen LogP contribution in [0.3, 0.4) is 0 Å². The summed E-state index contributed by atoms with van der Waals surface area (Å²) in [6.45, 7) is 27.0. The Labute approximate surface area is 370 Å². The highest BCUT2D eigenvalue weighted by Crippen LogP contribution is 2.29. The fourth-order valence-corrected chi connectivity index (χ4v) is 5.83. The fraction of sp³-hybridized carbons (Fsp3) is 0.425. The van der Waals surface area contributed by atoms with Gasteiger partial charge in [0.15, 0.2) is 0 Å². The molecule has 0 fully saturated rings. The number of nitrogens with one attached hydrogen (secondary N) is 2. The zero-order valence-electron chi connectivity index (χ0n) is 36.1. The Bertz CT molecular complexity index is 1830. The van der Waals surface area contributed by atoms with Crippen LogP contribution in [0.25, 0.3) is 0 Å². The summed E-state index contributed by atoms with van der Waals surface area (Å²) < 4.78 is 11.6.